The number of benzene rings is 7. The lowest BCUT2D eigenvalue weighted by molar-refractivity contribution is 0.350. The van der Waals surface area contributed by atoms with Crippen molar-refractivity contribution < 1.29 is 4.42 Å². The van der Waals surface area contributed by atoms with Crippen LogP contribution >= 0.6 is 0 Å². The lowest BCUT2D eigenvalue weighted by Gasteiger charge is -2.40. The second-order valence-electron chi connectivity index (χ2n) is 18.4. The predicted octanol–water partition coefficient (Wildman–Crippen LogP) is 14.9. The van der Waals surface area contributed by atoms with Crippen LogP contribution in [0.1, 0.15) is 72.3 Å². The molecule has 3 fully saturated rings. The van der Waals surface area contributed by atoms with Crippen molar-refractivity contribution >= 4 is 56.1 Å². The molecule has 0 aliphatic heterocycles. The van der Waals surface area contributed by atoms with Crippen LogP contribution in [0.3, 0.4) is 0 Å². The average Bonchev–Trinajstić information content (AvgIpc) is 4.15. The molecule has 1 aromatic heterocycles. The molecule has 3 saturated carbocycles. The summed E-state index contributed by atoms with van der Waals surface area (Å²) in [5, 5.41) is 2.34. The van der Waals surface area contributed by atoms with Gasteiger partial charge in [0.15, 0.2) is 0 Å². The zero-order valence-corrected chi connectivity index (χ0v) is 33.4. The van der Waals surface area contributed by atoms with Crippen molar-refractivity contribution in [2.24, 2.45) is 23.7 Å². The SMILES string of the molecule is c1ccc(N(c2ccccc2)c2cccc3c2C24c5c(cccc5N(c5ccc(C6CC7CCC6C7)cc5)c5ccc6c(c5)oc5ccccc56)CC2CCC4C3)cc1. The Kier molecular flexibility index (Phi) is 7.44. The zero-order chi connectivity index (χ0) is 38.7. The first kappa shape index (κ1) is 33.9. The van der Waals surface area contributed by atoms with Crippen molar-refractivity contribution in [1.29, 1.82) is 0 Å². The van der Waals surface area contributed by atoms with E-state index in [1.54, 1.807) is 11.1 Å². The molecule has 0 radical (unpaired) electrons. The highest BCUT2D eigenvalue weighted by Gasteiger charge is 2.62. The van der Waals surface area contributed by atoms with E-state index in [4.69, 9.17) is 4.42 Å². The fraction of sp³-hybridized carbons (Fsp3) is 0.250. The summed E-state index contributed by atoms with van der Waals surface area (Å²) in [4.78, 5) is 5.13. The standard InChI is InChI=1S/C56H48N2O/c1-3-13-43(14-4-1)57(44-15-5-2-6-16-44)50-18-9-11-39-33-41-25-26-42-34-40-12-10-19-51(55(40)56(41,42)54(39)50)58(45-27-23-37(24-28-45)49-32-36-21-22-38(49)31-36)46-29-30-48-47-17-7-8-20-52(47)59-53(48)35-46/h1-20,23-24,27-30,35-36,38,41-42,49H,21-22,25-26,31-34H2. The summed E-state index contributed by atoms with van der Waals surface area (Å²) in [7, 11) is 0. The van der Waals surface area contributed by atoms with Gasteiger partial charge in [-0.15, -0.1) is 0 Å². The maximum atomic E-state index is 6.60. The summed E-state index contributed by atoms with van der Waals surface area (Å²) >= 11 is 0. The fourth-order valence-corrected chi connectivity index (χ4v) is 13.4. The Morgan fingerprint density at radius 2 is 1.03 bits per heavy atom. The van der Waals surface area contributed by atoms with E-state index in [0.29, 0.717) is 17.8 Å². The third kappa shape index (κ3) is 4.94. The van der Waals surface area contributed by atoms with Gasteiger partial charge < -0.3 is 14.2 Å². The van der Waals surface area contributed by atoms with Crippen LogP contribution < -0.4 is 9.80 Å². The average molecular weight is 765 g/mol. The number of nitrogens with zero attached hydrogens (tertiary/aromatic N) is 2. The highest BCUT2D eigenvalue weighted by molar-refractivity contribution is 6.06. The predicted molar refractivity (Wildman–Crippen MR) is 242 cm³/mol. The van der Waals surface area contributed by atoms with Crippen molar-refractivity contribution in [2.75, 3.05) is 9.80 Å². The van der Waals surface area contributed by atoms with Gasteiger partial charge in [0.1, 0.15) is 11.2 Å². The number of para-hydroxylation sites is 3. The Labute approximate surface area is 346 Å². The number of fused-ring (bicyclic) bond motifs is 7. The van der Waals surface area contributed by atoms with Crippen LogP contribution in [-0.4, -0.2) is 0 Å². The molecule has 2 bridgehead atoms. The topological polar surface area (TPSA) is 19.6 Å². The first-order chi connectivity index (χ1) is 29.2. The summed E-state index contributed by atoms with van der Waals surface area (Å²) < 4.78 is 6.60. The molecule has 288 valence electrons. The van der Waals surface area contributed by atoms with Crippen LogP contribution in [0, 0.1) is 23.7 Å². The Bertz CT molecular complexity index is 2850. The van der Waals surface area contributed by atoms with E-state index in [1.807, 2.05) is 0 Å². The molecule has 13 rings (SSSR count). The second kappa shape index (κ2) is 13.0. The smallest absolute Gasteiger partial charge is 0.137 e. The number of hydrogen-bond acceptors (Lipinski definition) is 3. The summed E-state index contributed by atoms with van der Waals surface area (Å²) in [5.74, 6) is 3.56. The van der Waals surface area contributed by atoms with E-state index >= 15 is 0 Å². The molecule has 59 heavy (non-hydrogen) atoms. The third-order valence-corrected chi connectivity index (χ3v) is 15.6. The largest absolute Gasteiger partial charge is 0.456 e. The lowest BCUT2D eigenvalue weighted by atomic mass is 9.68. The monoisotopic (exact) mass is 764 g/mol. The first-order valence-electron chi connectivity index (χ1n) is 22.2. The molecule has 5 aliphatic rings. The highest BCUT2D eigenvalue weighted by Crippen LogP contribution is 2.69. The molecule has 6 atom stereocenters. The minimum Gasteiger partial charge on any atom is -0.456 e. The summed E-state index contributed by atoms with van der Waals surface area (Å²) in [6, 6.07) is 61.6. The van der Waals surface area contributed by atoms with Crippen LogP contribution in [0.15, 0.2) is 168 Å². The number of hydrogen-bond donors (Lipinski definition) is 0. The van der Waals surface area contributed by atoms with E-state index in [2.05, 4.69) is 174 Å². The van der Waals surface area contributed by atoms with Crippen LogP contribution in [0.2, 0.25) is 0 Å². The van der Waals surface area contributed by atoms with Crippen molar-refractivity contribution in [3.05, 3.63) is 192 Å². The molecule has 1 heterocycles. The molecule has 0 amide bonds. The van der Waals surface area contributed by atoms with Gasteiger partial charge in [-0.25, -0.2) is 0 Å². The van der Waals surface area contributed by atoms with Gasteiger partial charge in [-0.2, -0.15) is 0 Å². The van der Waals surface area contributed by atoms with Gasteiger partial charge in [-0.1, -0.05) is 97.4 Å². The van der Waals surface area contributed by atoms with Gasteiger partial charge in [0, 0.05) is 45.0 Å². The van der Waals surface area contributed by atoms with Gasteiger partial charge in [-0.05, 0) is 169 Å². The molecule has 7 aromatic carbocycles. The maximum Gasteiger partial charge on any atom is 0.137 e. The molecule has 6 unspecified atom stereocenters. The molecule has 5 aliphatic carbocycles. The van der Waals surface area contributed by atoms with Crippen molar-refractivity contribution in [3.8, 4) is 0 Å². The third-order valence-electron chi connectivity index (χ3n) is 15.6. The molecule has 1 spiro atoms. The normalized spacial score (nSPS) is 24.6. The lowest BCUT2D eigenvalue weighted by Crippen LogP contribution is -2.34. The number of rotatable bonds is 7. The van der Waals surface area contributed by atoms with E-state index < -0.39 is 0 Å². The molecular formula is C56H48N2O. The van der Waals surface area contributed by atoms with Gasteiger partial charge in [0.2, 0.25) is 0 Å². The van der Waals surface area contributed by atoms with Crippen LogP contribution in [0.4, 0.5) is 34.1 Å². The van der Waals surface area contributed by atoms with E-state index in [1.165, 1.54) is 94.4 Å². The summed E-state index contributed by atoms with van der Waals surface area (Å²) in [6.45, 7) is 0. The van der Waals surface area contributed by atoms with Crippen molar-refractivity contribution in [2.45, 2.75) is 62.7 Å². The van der Waals surface area contributed by atoms with Gasteiger partial charge in [-0.3, -0.25) is 0 Å². The van der Waals surface area contributed by atoms with Crippen LogP contribution in [0.25, 0.3) is 21.9 Å². The molecule has 3 nitrogen and oxygen atoms in total. The summed E-state index contributed by atoms with van der Waals surface area (Å²) in [5.41, 5.74) is 16.8. The number of anilines is 6. The Balaban J connectivity index is 1.03. The van der Waals surface area contributed by atoms with Gasteiger partial charge >= 0.3 is 0 Å². The van der Waals surface area contributed by atoms with E-state index in [-0.39, 0.29) is 5.41 Å². The van der Waals surface area contributed by atoms with Crippen molar-refractivity contribution in [3.63, 3.8) is 0 Å². The Morgan fingerprint density at radius 3 is 1.66 bits per heavy atom. The quantitative estimate of drug-likeness (QED) is 0.161. The molecular weight excluding hydrogens is 717 g/mol. The molecule has 8 aromatic rings. The minimum absolute atomic E-state index is 0.107. The van der Waals surface area contributed by atoms with Gasteiger partial charge in [0.25, 0.3) is 0 Å². The first-order valence-corrected chi connectivity index (χ1v) is 22.2. The van der Waals surface area contributed by atoms with Gasteiger partial charge in [0.05, 0.1) is 11.4 Å². The van der Waals surface area contributed by atoms with Crippen molar-refractivity contribution in [1.82, 2.24) is 0 Å². The second-order valence-corrected chi connectivity index (χ2v) is 18.4. The highest BCUT2D eigenvalue weighted by atomic mass is 16.3. The molecule has 0 N–H and O–H groups in total. The minimum atomic E-state index is -0.107. The van der Waals surface area contributed by atoms with E-state index in [9.17, 15) is 0 Å². The zero-order valence-electron chi connectivity index (χ0n) is 33.4. The Hall–Kier alpha value is -6.06. The maximum absolute atomic E-state index is 6.60. The van der Waals surface area contributed by atoms with Crippen LogP contribution in [-0.2, 0) is 18.3 Å². The van der Waals surface area contributed by atoms with Crippen LogP contribution in [0.5, 0.6) is 0 Å². The molecule has 3 heteroatoms. The number of furan rings is 1. The summed E-state index contributed by atoms with van der Waals surface area (Å²) in [6.07, 6.45) is 10.4. The fourth-order valence-electron chi connectivity index (χ4n) is 13.4. The Morgan fingerprint density at radius 1 is 0.458 bits per heavy atom. The molecule has 0 saturated heterocycles. The van der Waals surface area contributed by atoms with E-state index in [0.717, 1.165) is 41.5 Å².